The Kier molecular flexibility index (Phi) is 3.69. The van der Waals surface area contributed by atoms with Gasteiger partial charge in [0.1, 0.15) is 0 Å². The molecule has 1 N–H and O–H groups in total. The van der Waals surface area contributed by atoms with Crippen molar-refractivity contribution in [2.24, 2.45) is 11.8 Å². The number of rotatable bonds is 5. The molecule has 0 unspecified atom stereocenters. The molecule has 1 heterocycles. The third kappa shape index (κ3) is 3.21. The van der Waals surface area contributed by atoms with Gasteiger partial charge < -0.3 is 14.8 Å². The summed E-state index contributed by atoms with van der Waals surface area (Å²) in [6, 6.07) is 0. The maximum Gasteiger partial charge on any atom is 0.168 e. The van der Waals surface area contributed by atoms with Crippen molar-refractivity contribution in [2.75, 3.05) is 26.3 Å². The molecule has 98 valence electrons. The Hall–Kier alpha value is -0.120. The van der Waals surface area contributed by atoms with Crippen LogP contribution >= 0.6 is 0 Å². The second-order valence-corrected chi connectivity index (χ2v) is 5.99. The highest BCUT2D eigenvalue weighted by atomic mass is 16.7. The molecule has 0 bridgehead atoms. The number of hydrogen-bond donors (Lipinski definition) is 1. The largest absolute Gasteiger partial charge is 0.348 e. The second kappa shape index (κ2) is 5.25. The van der Waals surface area contributed by atoms with E-state index >= 15 is 0 Å². The van der Waals surface area contributed by atoms with E-state index in [1.165, 1.54) is 45.2 Å². The molecule has 0 aromatic heterocycles. The molecular formula is C14H25NO2. The normalized spacial score (nSPS) is 28.9. The number of ether oxygens (including phenoxy) is 2. The molecule has 3 heteroatoms. The van der Waals surface area contributed by atoms with Crippen LogP contribution in [-0.2, 0) is 9.47 Å². The standard InChI is InChI=1S/C14H25NO2/c1-2-13(1)11-15-8-5-12-3-6-14(7-4-12)16-9-10-17-14/h12-13,15H,1-11H2. The summed E-state index contributed by atoms with van der Waals surface area (Å²) in [5.74, 6) is 1.72. The van der Waals surface area contributed by atoms with Gasteiger partial charge in [-0.25, -0.2) is 0 Å². The summed E-state index contributed by atoms with van der Waals surface area (Å²) in [6.45, 7) is 4.06. The molecule has 3 aliphatic rings. The van der Waals surface area contributed by atoms with Gasteiger partial charge in [0.2, 0.25) is 0 Å². The highest BCUT2D eigenvalue weighted by molar-refractivity contribution is 4.83. The SMILES string of the molecule is C(CC1CCC2(CC1)OCCO2)NCC1CC1. The van der Waals surface area contributed by atoms with Crippen molar-refractivity contribution >= 4 is 0 Å². The van der Waals surface area contributed by atoms with E-state index in [4.69, 9.17) is 9.47 Å². The first-order valence-electron chi connectivity index (χ1n) is 7.35. The van der Waals surface area contributed by atoms with E-state index in [2.05, 4.69) is 5.32 Å². The third-order valence-electron chi connectivity index (χ3n) is 4.54. The van der Waals surface area contributed by atoms with Gasteiger partial charge in [-0.15, -0.1) is 0 Å². The third-order valence-corrected chi connectivity index (χ3v) is 4.54. The first-order chi connectivity index (χ1) is 8.36. The van der Waals surface area contributed by atoms with Crippen molar-refractivity contribution in [3.63, 3.8) is 0 Å². The Morgan fingerprint density at radius 3 is 2.29 bits per heavy atom. The van der Waals surface area contributed by atoms with Gasteiger partial charge in [-0.1, -0.05) is 0 Å². The van der Waals surface area contributed by atoms with Crippen LogP contribution in [0.15, 0.2) is 0 Å². The summed E-state index contributed by atoms with van der Waals surface area (Å²) in [6.07, 6.45) is 9.03. The molecular weight excluding hydrogens is 214 g/mol. The van der Waals surface area contributed by atoms with Gasteiger partial charge in [-0.2, -0.15) is 0 Å². The average molecular weight is 239 g/mol. The molecule has 1 aliphatic heterocycles. The predicted molar refractivity (Wildman–Crippen MR) is 66.8 cm³/mol. The zero-order chi connectivity index (χ0) is 11.6. The van der Waals surface area contributed by atoms with Gasteiger partial charge in [-0.3, -0.25) is 0 Å². The minimum Gasteiger partial charge on any atom is -0.348 e. The summed E-state index contributed by atoms with van der Waals surface area (Å²) in [5.41, 5.74) is 0. The second-order valence-electron chi connectivity index (χ2n) is 5.99. The van der Waals surface area contributed by atoms with Gasteiger partial charge >= 0.3 is 0 Å². The molecule has 0 atom stereocenters. The fourth-order valence-corrected chi connectivity index (χ4v) is 3.13. The van der Waals surface area contributed by atoms with E-state index < -0.39 is 0 Å². The lowest BCUT2D eigenvalue weighted by molar-refractivity contribution is -0.182. The van der Waals surface area contributed by atoms with Crippen LogP contribution in [0, 0.1) is 11.8 Å². The molecule has 3 nitrogen and oxygen atoms in total. The molecule has 0 aromatic carbocycles. The van der Waals surface area contributed by atoms with Crippen LogP contribution in [0.5, 0.6) is 0 Å². The summed E-state index contributed by atoms with van der Waals surface area (Å²) in [4.78, 5) is 0. The van der Waals surface area contributed by atoms with E-state index in [-0.39, 0.29) is 5.79 Å². The molecule has 2 saturated carbocycles. The number of nitrogens with one attached hydrogen (secondary N) is 1. The van der Waals surface area contributed by atoms with Gasteiger partial charge in [-0.05, 0) is 57.0 Å². The highest BCUT2D eigenvalue weighted by Crippen LogP contribution is 2.39. The summed E-state index contributed by atoms with van der Waals surface area (Å²) < 4.78 is 11.5. The minimum atomic E-state index is -0.169. The van der Waals surface area contributed by atoms with Gasteiger partial charge in [0.05, 0.1) is 13.2 Å². The Morgan fingerprint density at radius 1 is 0.941 bits per heavy atom. The maximum atomic E-state index is 5.76. The summed E-state index contributed by atoms with van der Waals surface area (Å²) in [5, 5.41) is 3.59. The first kappa shape index (κ1) is 11.9. The fourth-order valence-electron chi connectivity index (χ4n) is 3.13. The van der Waals surface area contributed by atoms with Crippen LogP contribution in [0.25, 0.3) is 0 Å². The molecule has 0 amide bonds. The quantitative estimate of drug-likeness (QED) is 0.747. The lowest BCUT2D eigenvalue weighted by Crippen LogP contribution is -2.35. The zero-order valence-electron chi connectivity index (χ0n) is 10.7. The van der Waals surface area contributed by atoms with Crippen molar-refractivity contribution in [3.8, 4) is 0 Å². The molecule has 0 aromatic rings. The molecule has 1 saturated heterocycles. The smallest absolute Gasteiger partial charge is 0.168 e. The van der Waals surface area contributed by atoms with E-state index in [9.17, 15) is 0 Å². The Morgan fingerprint density at radius 2 is 1.65 bits per heavy atom. The van der Waals surface area contributed by atoms with Gasteiger partial charge in [0, 0.05) is 12.8 Å². The zero-order valence-corrected chi connectivity index (χ0v) is 10.7. The highest BCUT2D eigenvalue weighted by Gasteiger charge is 2.39. The monoisotopic (exact) mass is 239 g/mol. The van der Waals surface area contributed by atoms with Crippen LogP contribution < -0.4 is 5.32 Å². The first-order valence-corrected chi connectivity index (χ1v) is 7.35. The minimum absolute atomic E-state index is 0.169. The van der Waals surface area contributed by atoms with Crippen molar-refractivity contribution in [2.45, 2.75) is 50.7 Å². The van der Waals surface area contributed by atoms with Crippen molar-refractivity contribution in [1.82, 2.24) is 5.32 Å². The van der Waals surface area contributed by atoms with Crippen molar-refractivity contribution < 1.29 is 9.47 Å². The number of hydrogen-bond acceptors (Lipinski definition) is 3. The summed E-state index contributed by atoms with van der Waals surface area (Å²) >= 11 is 0. The van der Waals surface area contributed by atoms with Crippen LogP contribution in [0.3, 0.4) is 0 Å². The Bertz CT molecular complexity index is 237. The lowest BCUT2D eigenvalue weighted by atomic mass is 9.83. The fraction of sp³-hybridized carbons (Fsp3) is 1.00. The van der Waals surface area contributed by atoms with E-state index in [1.54, 1.807) is 0 Å². The molecule has 17 heavy (non-hydrogen) atoms. The molecule has 1 spiro atoms. The topological polar surface area (TPSA) is 30.5 Å². The van der Waals surface area contributed by atoms with Crippen LogP contribution in [0.4, 0.5) is 0 Å². The van der Waals surface area contributed by atoms with Gasteiger partial charge in [0.25, 0.3) is 0 Å². The van der Waals surface area contributed by atoms with E-state index in [0.29, 0.717) is 0 Å². The van der Waals surface area contributed by atoms with E-state index in [0.717, 1.165) is 37.9 Å². The van der Waals surface area contributed by atoms with Crippen molar-refractivity contribution in [1.29, 1.82) is 0 Å². The Labute approximate surface area is 104 Å². The predicted octanol–water partition coefficient (Wildman–Crippen LogP) is 2.31. The van der Waals surface area contributed by atoms with Crippen LogP contribution in [0.2, 0.25) is 0 Å². The van der Waals surface area contributed by atoms with Gasteiger partial charge in [0.15, 0.2) is 5.79 Å². The average Bonchev–Trinajstić information content (AvgIpc) is 3.08. The van der Waals surface area contributed by atoms with E-state index in [1.807, 2.05) is 0 Å². The maximum absolute atomic E-state index is 5.76. The van der Waals surface area contributed by atoms with Crippen LogP contribution in [0.1, 0.15) is 44.9 Å². The van der Waals surface area contributed by atoms with Crippen molar-refractivity contribution in [3.05, 3.63) is 0 Å². The Balaban J connectivity index is 1.30. The lowest BCUT2D eigenvalue weighted by Gasteiger charge is -2.35. The molecule has 0 radical (unpaired) electrons. The molecule has 2 aliphatic carbocycles. The summed E-state index contributed by atoms with van der Waals surface area (Å²) in [7, 11) is 0. The molecule has 3 fully saturated rings. The van der Waals surface area contributed by atoms with Crippen LogP contribution in [-0.4, -0.2) is 32.1 Å². The molecule has 3 rings (SSSR count).